The Hall–Kier alpha value is -3.91. The first kappa shape index (κ1) is 21.8. The van der Waals surface area contributed by atoms with E-state index in [1.54, 1.807) is 48.5 Å². The summed E-state index contributed by atoms with van der Waals surface area (Å²) in [5.74, 6) is 0.483. The molecule has 0 fully saturated rings. The highest BCUT2D eigenvalue weighted by molar-refractivity contribution is 7.80. The first-order chi connectivity index (χ1) is 15.0. The summed E-state index contributed by atoms with van der Waals surface area (Å²) in [6.07, 6.45) is 0. The van der Waals surface area contributed by atoms with Crippen LogP contribution in [0.5, 0.6) is 11.5 Å². The number of carbonyl (C=O) groups excluding carboxylic acids is 2. The molecule has 0 saturated heterocycles. The van der Waals surface area contributed by atoms with Gasteiger partial charge in [-0.05, 0) is 66.8 Å². The third kappa shape index (κ3) is 6.83. The number of para-hydroxylation sites is 1. The van der Waals surface area contributed by atoms with Crippen molar-refractivity contribution in [1.29, 1.82) is 0 Å². The van der Waals surface area contributed by atoms with Crippen molar-refractivity contribution in [2.75, 3.05) is 18.5 Å². The van der Waals surface area contributed by atoms with Gasteiger partial charge in [-0.25, -0.2) is 0 Å². The Morgan fingerprint density at radius 3 is 2.10 bits per heavy atom. The summed E-state index contributed by atoms with van der Waals surface area (Å²) in [6.45, 7) is 0.780. The highest BCUT2D eigenvalue weighted by atomic mass is 32.1. The average molecular weight is 436 g/mol. The van der Waals surface area contributed by atoms with E-state index < -0.39 is 5.91 Å². The summed E-state index contributed by atoms with van der Waals surface area (Å²) in [5, 5.41) is 5.54. The van der Waals surface area contributed by atoms with Gasteiger partial charge in [-0.3, -0.25) is 14.9 Å². The Labute approximate surface area is 185 Å². The lowest BCUT2D eigenvalue weighted by Crippen LogP contribution is -2.34. The molecule has 4 N–H and O–H groups in total. The highest BCUT2D eigenvalue weighted by Gasteiger charge is 2.09. The van der Waals surface area contributed by atoms with Gasteiger partial charge in [0.2, 0.25) is 5.91 Å². The number of nitrogens with one attached hydrogen (secondary N) is 2. The van der Waals surface area contributed by atoms with E-state index in [1.807, 2.05) is 30.3 Å². The maximum Gasteiger partial charge on any atom is 0.257 e. The molecule has 31 heavy (non-hydrogen) atoms. The Balaban J connectivity index is 1.45. The number of carbonyl (C=O) groups is 2. The predicted octanol–water partition coefficient (Wildman–Crippen LogP) is 3.37. The van der Waals surface area contributed by atoms with Crippen LogP contribution in [-0.4, -0.2) is 30.1 Å². The number of hydrogen-bond acceptors (Lipinski definition) is 5. The van der Waals surface area contributed by atoms with Crippen LogP contribution >= 0.6 is 12.2 Å². The largest absolute Gasteiger partial charge is 0.490 e. The van der Waals surface area contributed by atoms with Gasteiger partial charge in [-0.15, -0.1) is 0 Å². The van der Waals surface area contributed by atoms with Crippen LogP contribution in [-0.2, 0) is 0 Å². The van der Waals surface area contributed by atoms with Gasteiger partial charge in [0.25, 0.3) is 5.91 Å². The summed E-state index contributed by atoms with van der Waals surface area (Å²) in [5.41, 5.74) is 6.56. The second-order valence-electron chi connectivity index (χ2n) is 6.39. The van der Waals surface area contributed by atoms with Crippen LogP contribution in [0.2, 0.25) is 0 Å². The normalized spacial score (nSPS) is 10.1. The van der Waals surface area contributed by atoms with Gasteiger partial charge < -0.3 is 20.5 Å². The van der Waals surface area contributed by atoms with E-state index in [0.717, 1.165) is 5.75 Å². The minimum absolute atomic E-state index is 0.102. The maximum absolute atomic E-state index is 12.4. The molecule has 0 saturated carbocycles. The van der Waals surface area contributed by atoms with Crippen LogP contribution in [0.1, 0.15) is 20.7 Å². The average Bonchev–Trinajstić information content (AvgIpc) is 2.78. The zero-order valence-corrected chi connectivity index (χ0v) is 17.4. The molecule has 2 amide bonds. The third-order valence-electron chi connectivity index (χ3n) is 4.11. The molecule has 3 rings (SSSR count). The number of nitrogens with two attached hydrogens (primary N) is 1. The van der Waals surface area contributed by atoms with E-state index in [0.29, 0.717) is 35.8 Å². The van der Waals surface area contributed by atoms with E-state index in [2.05, 4.69) is 10.6 Å². The van der Waals surface area contributed by atoms with Crippen molar-refractivity contribution in [3.05, 3.63) is 90.0 Å². The molecule has 158 valence electrons. The fraction of sp³-hybridized carbons (Fsp3) is 0.0870. The molecule has 0 aliphatic rings. The molecular formula is C23H21N3O4S. The first-order valence-electron chi connectivity index (χ1n) is 9.44. The van der Waals surface area contributed by atoms with Crippen LogP contribution < -0.4 is 25.8 Å². The summed E-state index contributed by atoms with van der Waals surface area (Å²) >= 11 is 5.16. The summed E-state index contributed by atoms with van der Waals surface area (Å²) in [7, 11) is 0. The topological polar surface area (TPSA) is 103 Å². The van der Waals surface area contributed by atoms with E-state index in [-0.39, 0.29) is 11.0 Å². The number of benzene rings is 3. The van der Waals surface area contributed by atoms with Crippen molar-refractivity contribution in [3.8, 4) is 11.5 Å². The molecule has 3 aromatic carbocycles. The fourth-order valence-electron chi connectivity index (χ4n) is 2.63. The highest BCUT2D eigenvalue weighted by Crippen LogP contribution is 2.14. The fourth-order valence-corrected chi connectivity index (χ4v) is 2.84. The van der Waals surface area contributed by atoms with Crippen molar-refractivity contribution in [2.24, 2.45) is 5.73 Å². The molecule has 0 aliphatic heterocycles. The van der Waals surface area contributed by atoms with Gasteiger partial charge >= 0.3 is 0 Å². The molecule has 0 spiro atoms. The van der Waals surface area contributed by atoms with Crippen LogP contribution in [0.25, 0.3) is 0 Å². The van der Waals surface area contributed by atoms with Crippen molar-refractivity contribution in [1.82, 2.24) is 5.32 Å². The number of hydrogen-bond donors (Lipinski definition) is 3. The second kappa shape index (κ2) is 10.7. The van der Waals surface area contributed by atoms with Crippen LogP contribution in [0.3, 0.4) is 0 Å². The SMILES string of the molecule is NC(=O)c1cccc(NC(=S)NC(=O)c2ccc(OCCOc3ccccc3)cc2)c1. The molecule has 0 aliphatic carbocycles. The zero-order chi connectivity index (χ0) is 22.1. The monoisotopic (exact) mass is 435 g/mol. The molecule has 7 nitrogen and oxygen atoms in total. The van der Waals surface area contributed by atoms with E-state index in [9.17, 15) is 9.59 Å². The molecule has 0 atom stereocenters. The maximum atomic E-state index is 12.4. The molecule has 0 unspecified atom stereocenters. The standard InChI is InChI=1S/C23H21N3O4S/c24-21(27)17-5-4-6-18(15-17)25-23(31)26-22(28)16-9-11-20(12-10-16)30-14-13-29-19-7-2-1-3-8-19/h1-12,15H,13-14H2,(H2,24,27)(H2,25,26,28,31). The summed E-state index contributed by atoms with van der Waals surface area (Å²) < 4.78 is 11.2. The summed E-state index contributed by atoms with van der Waals surface area (Å²) in [6, 6.07) is 22.7. The second-order valence-corrected chi connectivity index (χ2v) is 6.80. The van der Waals surface area contributed by atoms with Crippen molar-refractivity contribution >= 4 is 34.8 Å². The van der Waals surface area contributed by atoms with Gasteiger partial charge in [0.1, 0.15) is 24.7 Å². The van der Waals surface area contributed by atoms with Gasteiger partial charge in [-0.1, -0.05) is 24.3 Å². The minimum Gasteiger partial charge on any atom is -0.490 e. The number of primary amides is 1. The summed E-state index contributed by atoms with van der Waals surface area (Å²) in [4.78, 5) is 23.6. The quantitative estimate of drug-likeness (QED) is 0.370. The molecule has 0 aromatic heterocycles. The Morgan fingerprint density at radius 2 is 1.45 bits per heavy atom. The van der Waals surface area contributed by atoms with Crippen molar-refractivity contribution < 1.29 is 19.1 Å². The lowest BCUT2D eigenvalue weighted by molar-refractivity contribution is 0.0974. The van der Waals surface area contributed by atoms with Gasteiger partial charge in [0.15, 0.2) is 5.11 Å². The van der Waals surface area contributed by atoms with E-state index >= 15 is 0 Å². The smallest absolute Gasteiger partial charge is 0.257 e. The van der Waals surface area contributed by atoms with Gasteiger partial charge in [0, 0.05) is 16.8 Å². The number of thiocarbonyl (C=S) groups is 1. The zero-order valence-electron chi connectivity index (χ0n) is 16.5. The van der Waals surface area contributed by atoms with Crippen LogP contribution in [0, 0.1) is 0 Å². The number of anilines is 1. The predicted molar refractivity (Wildman–Crippen MR) is 123 cm³/mol. The van der Waals surface area contributed by atoms with E-state index in [4.69, 9.17) is 27.4 Å². The molecule has 0 bridgehead atoms. The lowest BCUT2D eigenvalue weighted by Gasteiger charge is -2.11. The van der Waals surface area contributed by atoms with E-state index in [1.165, 1.54) is 0 Å². The Morgan fingerprint density at radius 1 is 0.806 bits per heavy atom. The van der Waals surface area contributed by atoms with Crippen LogP contribution in [0.4, 0.5) is 5.69 Å². The molecule has 8 heteroatoms. The first-order valence-corrected chi connectivity index (χ1v) is 9.85. The molecule has 0 heterocycles. The minimum atomic E-state index is -0.549. The molecular weight excluding hydrogens is 414 g/mol. The lowest BCUT2D eigenvalue weighted by atomic mass is 10.2. The van der Waals surface area contributed by atoms with Gasteiger partial charge in [0.05, 0.1) is 0 Å². The van der Waals surface area contributed by atoms with Crippen molar-refractivity contribution in [2.45, 2.75) is 0 Å². The molecule has 0 radical (unpaired) electrons. The number of amides is 2. The molecule has 3 aromatic rings. The Bertz CT molecular complexity index is 1060. The Kier molecular flexibility index (Phi) is 7.56. The van der Waals surface area contributed by atoms with Crippen LogP contribution in [0.15, 0.2) is 78.9 Å². The van der Waals surface area contributed by atoms with Gasteiger partial charge in [-0.2, -0.15) is 0 Å². The van der Waals surface area contributed by atoms with Crippen molar-refractivity contribution in [3.63, 3.8) is 0 Å². The number of rotatable bonds is 8. The number of ether oxygens (including phenoxy) is 2. The third-order valence-corrected chi connectivity index (χ3v) is 4.32.